The van der Waals surface area contributed by atoms with E-state index in [2.05, 4.69) is 5.32 Å². The first kappa shape index (κ1) is 13.5. The summed E-state index contributed by atoms with van der Waals surface area (Å²) in [5, 5.41) is 3.62. The molecule has 0 spiro atoms. The minimum atomic E-state index is -3.03. The third kappa shape index (κ3) is 4.96. The van der Waals surface area contributed by atoms with Crippen LogP contribution in [-0.2, 0) is 15.6 Å². The van der Waals surface area contributed by atoms with Crippen molar-refractivity contribution in [3.8, 4) is 0 Å². The lowest BCUT2D eigenvalue weighted by molar-refractivity contribution is 0.591. The molecular weight excluding hydrogens is 246 g/mol. The molecule has 3 nitrogen and oxygen atoms in total. The van der Waals surface area contributed by atoms with Gasteiger partial charge in [-0.3, -0.25) is 0 Å². The third-order valence-electron chi connectivity index (χ3n) is 2.14. The Labute approximate surface area is 102 Å². The van der Waals surface area contributed by atoms with Crippen LogP contribution in [0.5, 0.6) is 0 Å². The van der Waals surface area contributed by atoms with Crippen LogP contribution in [-0.4, -0.2) is 27.3 Å². The van der Waals surface area contributed by atoms with E-state index in [0.717, 1.165) is 12.1 Å². The fourth-order valence-corrected chi connectivity index (χ4v) is 2.74. The highest BCUT2D eigenvalue weighted by Gasteiger charge is 2.11. The van der Waals surface area contributed by atoms with E-state index >= 15 is 0 Å². The maximum absolute atomic E-state index is 11.7. The Bertz CT molecular complexity index is 414. The molecule has 16 heavy (non-hydrogen) atoms. The number of sulfone groups is 1. The number of hydrogen-bond donors (Lipinski definition) is 1. The van der Waals surface area contributed by atoms with Gasteiger partial charge in [0.05, 0.1) is 11.5 Å². The lowest BCUT2D eigenvalue weighted by Gasteiger charge is -2.05. The Morgan fingerprint density at radius 1 is 1.25 bits per heavy atom. The van der Waals surface area contributed by atoms with Gasteiger partial charge in [-0.2, -0.15) is 0 Å². The summed E-state index contributed by atoms with van der Waals surface area (Å²) in [6, 6.07) is 6.90. The van der Waals surface area contributed by atoms with Crippen LogP contribution in [0, 0.1) is 0 Å². The van der Waals surface area contributed by atoms with Crippen molar-refractivity contribution in [2.75, 3.05) is 18.8 Å². The van der Waals surface area contributed by atoms with Crippen LogP contribution in [0.15, 0.2) is 24.3 Å². The number of hydrogen-bond acceptors (Lipinski definition) is 3. The molecule has 0 aromatic heterocycles. The first-order chi connectivity index (χ1) is 7.53. The van der Waals surface area contributed by atoms with Crippen molar-refractivity contribution in [2.24, 2.45) is 0 Å². The van der Waals surface area contributed by atoms with E-state index in [1.54, 1.807) is 24.3 Å². The van der Waals surface area contributed by atoms with Gasteiger partial charge in [0.15, 0.2) is 9.84 Å². The second kappa shape index (κ2) is 6.23. The third-order valence-corrected chi connectivity index (χ3v) is 3.99. The van der Waals surface area contributed by atoms with Gasteiger partial charge in [-0.15, -0.1) is 0 Å². The Hall–Kier alpha value is -0.580. The van der Waals surface area contributed by atoms with E-state index in [0.29, 0.717) is 11.6 Å². The van der Waals surface area contributed by atoms with Crippen LogP contribution < -0.4 is 5.32 Å². The predicted octanol–water partition coefficient (Wildman–Crippen LogP) is 1.86. The fourth-order valence-electron chi connectivity index (χ4n) is 1.31. The molecule has 0 aliphatic carbocycles. The molecule has 0 radical (unpaired) electrons. The van der Waals surface area contributed by atoms with Crippen LogP contribution in [0.25, 0.3) is 0 Å². The Kier molecular flexibility index (Phi) is 5.25. The first-order valence-corrected chi connectivity index (χ1v) is 7.39. The van der Waals surface area contributed by atoms with Gasteiger partial charge in [0.2, 0.25) is 0 Å². The smallest absolute Gasteiger partial charge is 0.155 e. The number of nitrogens with one attached hydrogen (secondary N) is 1. The average molecular weight is 262 g/mol. The second-order valence-corrected chi connectivity index (χ2v) is 6.19. The molecule has 5 heteroatoms. The summed E-state index contributed by atoms with van der Waals surface area (Å²) >= 11 is 5.73. The largest absolute Gasteiger partial charge is 0.316 e. The molecule has 0 atom stereocenters. The van der Waals surface area contributed by atoms with Gasteiger partial charge in [-0.1, -0.05) is 30.7 Å². The normalized spacial score (nSPS) is 11.6. The van der Waals surface area contributed by atoms with Crippen LogP contribution >= 0.6 is 11.6 Å². The molecule has 0 bridgehead atoms. The van der Waals surface area contributed by atoms with Gasteiger partial charge < -0.3 is 5.32 Å². The van der Waals surface area contributed by atoms with Crippen molar-refractivity contribution in [1.82, 2.24) is 5.32 Å². The lowest BCUT2D eigenvalue weighted by atomic mass is 10.2. The Balaban J connectivity index is 2.55. The summed E-state index contributed by atoms with van der Waals surface area (Å²) in [5.41, 5.74) is 0.779. The van der Waals surface area contributed by atoms with E-state index in [1.165, 1.54) is 0 Å². The molecule has 1 N–H and O–H groups in total. The van der Waals surface area contributed by atoms with Crippen LogP contribution in [0.2, 0.25) is 5.02 Å². The van der Waals surface area contributed by atoms with Crippen molar-refractivity contribution >= 4 is 21.4 Å². The van der Waals surface area contributed by atoms with E-state index < -0.39 is 9.84 Å². The van der Waals surface area contributed by atoms with E-state index in [9.17, 15) is 8.42 Å². The van der Waals surface area contributed by atoms with Crippen LogP contribution in [0.4, 0.5) is 0 Å². The maximum atomic E-state index is 11.7. The predicted molar refractivity (Wildman–Crippen MR) is 67.5 cm³/mol. The van der Waals surface area contributed by atoms with Gasteiger partial charge in [0, 0.05) is 11.6 Å². The summed E-state index contributed by atoms with van der Waals surface area (Å²) in [5.74, 6) is 0.249. The molecule has 0 unspecified atom stereocenters. The molecule has 1 aromatic carbocycles. The highest BCUT2D eigenvalue weighted by atomic mass is 35.5. The zero-order chi connectivity index (χ0) is 12.0. The van der Waals surface area contributed by atoms with Crippen LogP contribution in [0.3, 0.4) is 0 Å². The Morgan fingerprint density at radius 3 is 2.44 bits per heavy atom. The number of halogens is 1. The maximum Gasteiger partial charge on any atom is 0.155 e. The molecule has 90 valence electrons. The van der Waals surface area contributed by atoms with E-state index in [-0.39, 0.29) is 11.5 Å². The van der Waals surface area contributed by atoms with Crippen molar-refractivity contribution in [2.45, 2.75) is 12.7 Å². The number of benzene rings is 1. The summed E-state index contributed by atoms with van der Waals surface area (Å²) < 4.78 is 23.4. The van der Waals surface area contributed by atoms with Gasteiger partial charge in [0.1, 0.15) is 0 Å². The van der Waals surface area contributed by atoms with Crippen molar-refractivity contribution in [1.29, 1.82) is 0 Å². The summed E-state index contributed by atoms with van der Waals surface area (Å²) in [7, 11) is -3.03. The highest BCUT2D eigenvalue weighted by Crippen LogP contribution is 2.12. The summed E-state index contributed by atoms with van der Waals surface area (Å²) in [6.07, 6.45) is 0. The molecule has 1 aromatic rings. The monoisotopic (exact) mass is 261 g/mol. The molecule has 0 amide bonds. The molecule has 0 aliphatic rings. The topological polar surface area (TPSA) is 46.2 Å². The minimum absolute atomic E-state index is 0.0789. The minimum Gasteiger partial charge on any atom is -0.316 e. The van der Waals surface area contributed by atoms with Gasteiger partial charge >= 0.3 is 0 Å². The van der Waals surface area contributed by atoms with Crippen molar-refractivity contribution in [3.63, 3.8) is 0 Å². The SMILES string of the molecule is CCNCCS(=O)(=O)Cc1ccc(Cl)cc1. The quantitative estimate of drug-likeness (QED) is 0.796. The van der Waals surface area contributed by atoms with E-state index in [1.807, 2.05) is 6.92 Å². The molecule has 0 saturated carbocycles. The zero-order valence-corrected chi connectivity index (χ0v) is 10.8. The molecule has 0 saturated heterocycles. The van der Waals surface area contributed by atoms with Crippen molar-refractivity contribution < 1.29 is 8.42 Å². The average Bonchev–Trinajstić information content (AvgIpc) is 2.21. The molecule has 0 aliphatic heterocycles. The zero-order valence-electron chi connectivity index (χ0n) is 9.24. The van der Waals surface area contributed by atoms with E-state index in [4.69, 9.17) is 11.6 Å². The molecular formula is C11H16ClNO2S. The lowest BCUT2D eigenvalue weighted by Crippen LogP contribution is -2.23. The molecule has 0 heterocycles. The standard InChI is InChI=1S/C11H16ClNO2S/c1-2-13-7-8-16(14,15)9-10-3-5-11(12)6-4-10/h3-6,13H,2,7-9H2,1H3. The molecule has 1 rings (SSSR count). The second-order valence-electron chi connectivity index (χ2n) is 3.57. The van der Waals surface area contributed by atoms with Gasteiger partial charge in [-0.05, 0) is 24.2 Å². The highest BCUT2D eigenvalue weighted by molar-refractivity contribution is 7.90. The fraction of sp³-hybridized carbons (Fsp3) is 0.455. The number of rotatable bonds is 6. The van der Waals surface area contributed by atoms with Gasteiger partial charge in [-0.25, -0.2) is 8.42 Å². The van der Waals surface area contributed by atoms with Crippen LogP contribution in [0.1, 0.15) is 12.5 Å². The van der Waals surface area contributed by atoms with Gasteiger partial charge in [0.25, 0.3) is 0 Å². The Morgan fingerprint density at radius 2 is 1.88 bits per heavy atom. The molecule has 0 fully saturated rings. The summed E-state index contributed by atoms with van der Waals surface area (Å²) in [4.78, 5) is 0. The van der Waals surface area contributed by atoms with Crippen molar-refractivity contribution in [3.05, 3.63) is 34.9 Å². The first-order valence-electron chi connectivity index (χ1n) is 5.19. The summed E-state index contributed by atoms with van der Waals surface area (Å²) in [6.45, 7) is 3.24.